The molecule has 1 atom stereocenters. The Hall–Kier alpha value is 0.0787. The van der Waals surface area contributed by atoms with Gasteiger partial charge >= 0.3 is 143 Å². The van der Waals surface area contributed by atoms with Gasteiger partial charge in [-0.05, 0) is 0 Å². The zero-order chi connectivity index (χ0) is 16.8. The first-order valence-electron chi connectivity index (χ1n) is 9.28. The van der Waals surface area contributed by atoms with Crippen molar-refractivity contribution in [3.8, 4) is 0 Å². The predicted octanol–water partition coefficient (Wildman–Crippen LogP) is 6.44. The molecule has 0 N–H and O–H groups in total. The third-order valence-corrected chi connectivity index (χ3v) is 19.2. The molecule has 0 amide bonds. The molecular weight excluding hydrogens is 379 g/mol. The number of rotatable bonds is 14. The van der Waals surface area contributed by atoms with Crippen molar-refractivity contribution >= 4 is 18.4 Å². The molecule has 3 heteroatoms. The molecule has 0 saturated heterocycles. The van der Waals surface area contributed by atoms with E-state index in [0.717, 1.165) is 3.78 Å². The molecule has 0 rings (SSSR count). The van der Waals surface area contributed by atoms with Crippen LogP contribution in [-0.4, -0.2) is 31.3 Å². The second kappa shape index (κ2) is 13.5. The standard InChI is InChI=1S/C7H11O2.3C4H9.Sn/c1-4-6-9-7(3)8-5-2;3*1-3-4-2;/h7H,1,5H2,2-3H3;3*1,3-4H2,2H3;. The van der Waals surface area contributed by atoms with Crippen LogP contribution in [0.3, 0.4) is 0 Å². The van der Waals surface area contributed by atoms with Crippen LogP contribution in [-0.2, 0) is 9.47 Å². The van der Waals surface area contributed by atoms with Crippen molar-refractivity contribution in [2.24, 2.45) is 0 Å². The molecule has 0 spiro atoms. The van der Waals surface area contributed by atoms with E-state index in [0.29, 0.717) is 6.61 Å². The maximum atomic E-state index is 6.21. The number of hydrogen-bond acceptors (Lipinski definition) is 2. The van der Waals surface area contributed by atoms with E-state index in [-0.39, 0.29) is 6.29 Å². The number of hydrogen-bond donors (Lipinski definition) is 0. The fourth-order valence-electron chi connectivity index (χ4n) is 3.05. The molecule has 22 heavy (non-hydrogen) atoms. The zero-order valence-electron chi connectivity index (χ0n) is 15.7. The van der Waals surface area contributed by atoms with E-state index in [2.05, 4.69) is 33.1 Å². The molecule has 0 heterocycles. The second-order valence-corrected chi connectivity index (χ2v) is 19.1. The molecule has 0 aliphatic rings. The van der Waals surface area contributed by atoms with Crippen LogP contribution in [0.25, 0.3) is 0 Å². The molecule has 0 aliphatic carbocycles. The van der Waals surface area contributed by atoms with Crippen LogP contribution < -0.4 is 0 Å². The van der Waals surface area contributed by atoms with Gasteiger partial charge in [-0.2, -0.15) is 0 Å². The predicted molar refractivity (Wildman–Crippen MR) is 99.7 cm³/mol. The van der Waals surface area contributed by atoms with Gasteiger partial charge in [0.05, 0.1) is 0 Å². The minimum atomic E-state index is -2.53. The Morgan fingerprint density at radius 3 is 1.73 bits per heavy atom. The van der Waals surface area contributed by atoms with Crippen LogP contribution in [0.4, 0.5) is 0 Å². The summed E-state index contributed by atoms with van der Waals surface area (Å²) in [4.78, 5) is 0. The van der Waals surface area contributed by atoms with Gasteiger partial charge in [0.1, 0.15) is 0 Å². The Kier molecular flexibility index (Phi) is 13.6. The molecule has 0 aromatic rings. The van der Waals surface area contributed by atoms with Gasteiger partial charge in [-0.25, -0.2) is 0 Å². The van der Waals surface area contributed by atoms with Crippen molar-refractivity contribution in [3.63, 3.8) is 0 Å². The summed E-state index contributed by atoms with van der Waals surface area (Å²) in [5, 5.41) is 0. The molecule has 130 valence electrons. The van der Waals surface area contributed by atoms with Crippen LogP contribution in [0, 0.1) is 0 Å². The molecule has 0 aliphatic heterocycles. The van der Waals surface area contributed by atoms with Crippen molar-refractivity contribution in [1.29, 1.82) is 0 Å². The SMILES string of the molecule is C=C=[C](OC(C)OCC)[Sn]([CH2]CCC)([CH2]CCC)[CH2]CCC. The molecule has 0 aromatic carbocycles. The van der Waals surface area contributed by atoms with E-state index in [1.165, 1.54) is 51.8 Å². The Bertz CT molecular complexity index is 300. The summed E-state index contributed by atoms with van der Waals surface area (Å²) in [6.45, 7) is 15.5. The summed E-state index contributed by atoms with van der Waals surface area (Å²) >= 11 is -2.53. The molecule has 0 saturated carbocycles. The summed E-state index contributed by atoms with van der Waals surface area (Å²) in [6, 6.07) is 0. The van der Waals surface area contributed by atoms with Crippen LogP contribution in [0.5, 0.6) is 0 Å². The first-order valence-corrected chi connectivity index (χ1v) is 16.8. The first kappa shape index (κ1) is 22.1. The first-order chi connectivity index (χ1) is 10.6. The van der Waals surface area contributed by atoms with Gasteiger partial charge < -0.3 is 0 Å². The number of ether oxygens (including phenoxy) is 2. The Balaban J connectivity index is 5.27. The summed E-state index contributed by atoms with van der Waals surface area (Å²) in [5.74, 6) is 0. The van der Waals surface area contributed by atoms with E-state index in [1.54, 1.807) is 0 Å². The van der Waals surface area contributed by atoms with E-state index in [1.807, 2.05) is 13.8 Å². The van der Waals surface area contributed by atoms with Crippen molar-refractivity contribution < 1.29 is 9.47 Å². The normalized spacial score (nSPS) is 12.8. The van der Waals surface area contributed by atoms with E-state index >= 15 is 0 Å². The molecule has 0 aromatic heterocycles. The Morgan fingerprint density at radius 2 is 1.41 bits per heavy atom. The Morgan fingerprint density at radius 1 is 0.955 bits per heavy atom. The van der Waals surface area contributed by atoms with Gasteiger partial charge in [0, 0.05) is 0 Å². The second-order valence-electron chi connectivity index (χ2n) is 6.24. The summed E-state index contributed by atoms with van der Waals surface area (Å²) in [6.07, 6.45) is 7.59. The average Bonchev–Trinajstić information content (AvgIpc) is 2.53. The van der Waals surface area contributed by atoms with E-state index in [9.17, 15) is 0 Å². The average molecular weight is 417 g/mol. The third-order valence-electron chi connectivity index (χ3n) is 4.35. The van der Waals surface area contributed by atoms with Crippen molar-refractivity contribution in [1.82, 2.24) is 0 Å². The van der Waals surface area contributed by atoms with Gasteiger partial charge in [0.2, 0.25) is 0 Å². The van der Waals surface area contributed by atoms with Crippen molar-refractivity contribution in [2.75, 3.05) is 6.61 Å². The fraction of sp³-hybridized carbons (Fsp3) is 0.842. The molecule has 0 bridgehead atoms. The molecule has 2 nitrogen and oxygen atoms in total. The monoisotopic (exact) mass is 418 g/mol. The molecular formula is C19H38O2Sn. The maximum absolute atomic E-state index is 6.21. The number of unbranched alkanes of at least 4 members (excludes halogenated alkanes) is 3. The van der Waals surface area contributed by atoms with Crippen molar-refractivity contribution in [3.05, 3.63) is 16.1 Å². The topological polar surface area (TPSA) is 18.5 Å². The van der Waals surface area contributed by atoms with Crippen LogP contribution >= 0.6 is 0 Å². The van der Waals surface area contributed by atoms with E-state index < -0.39 is 18.4 Å². The van der Waals surface area contributed by atoms with Crippen molar-refractivity contribution in [2.45, 2.75) is 92.7 Å². The van der Waals surface area contributed by atoms with Gasteiger partial charge in [-0.3, -0.25) is 0 Å². The fourth-order valence-corrected chi connectivity index (χ4v) is 18.2. The summed E-state index contributed by atoms with van der Waals surface area (Å²) in [5.41, 5.74) is 3.22. The van der Waals surface area contributed by atoms with Crippen LogP contribution in [0.15, 0.2) is 16.1 Å². The zero-order valence-corrected chi connectivity index (χ0v) is 18.5. The van der Waals surface area contributed by atoms with E-state index in [4.69, 9.17) is 9.47 Å². The third kappa shape index (κ3) is 8.08. The molecule has 0 fully saturated rings. The summed E-state index contributed by atoms with van der Waals surface area (Å²) < 4.78 is 17.1. The summed E-state index contributed by atoms with van der Waals surface area (Å²) in [7, 11) is 0. The van der Waals surface area contributed by atoms with Gasteiger partial charge in [-0.1, -0.05) is 0 Å². The van der Waals surface area contributed by atoms with Crippen LogP contribution in [0.2, 0.25) is 13.3 Å². The van der Waals surface area contributed by atoms with Gasteiger partial charge in [0.15, 0.2) is 0 Å². The molecule has 1 unspecified atom stereocenters. The van der Waals surface area contributed by atoms with Gasteiger partial charge in [-0.15, -0.1) is 0 Å². The Labute approximate surface area is 143 Å². The van der Waals surface area contributed by atoms with Gasteiger partial charge in [0.25, 0.3) is 0 Å². The quantitative estimate of drug-likeness (QED) is 0.140. The molecule has 0 radical (unpaired) electrons. The minimum absolute atomic E-state index is 0.171. The van der Waals surface area contributed by atoms with Crippen LogP contribution in [0.1, 0.15) is 73.1 Å².